The van der Waals surface area contributed by atoms with Gasteiger partial charge in [0.2, 0.25) is 0 Å². The van der Waals surface area contributed by atoms with Crippen molar-refractivity contribution in [1.82, 2.24) is 10.9 Å². The molecule has 0 amide bonds. The molecule has 1 saturated heterocycles. The molecular weight excluding hydrogens is 256 g/mol. The Balaban J connectivity index is 2.16. The van der Waals surface area contributed by atoms with Crippen LogP contribution in [0, 0.1) is 5.92 Å². The van der Waals surface area contributed by atoms with E-state index in [0.717, 1.165) is 11.3 Å². The Kier molecular flexibility index (Phi) is 4.01. The van der Waals surface area contributed by atoms with Crippen molar-refractivity contribution in [2.45, 2.75) is 45.4 Å². The standard InChI is InChI=1S/C15H22N2O3/c1-9-12(14(18)19)13(17-16-9)10-5-7-11(8-6-10)20-15(2,3)4/h5-9,12-13,16-17H,1-4H3,(H,18,19). The molecule has 0 radical (unpaired) electrons. The fourth-order valence-electron chi connectivity index (χ4n) is 2.43. The van der Waals surface area contributed by atoms with E-state index in [0.29, 0.717) is 0 Å². The normalized spacial score (nSPS) is 26.5. The average molecular weight is 278 g/mol. The molecule has 2 rings (SSSR count). The zero-order valence-corrected chi connectivity index (χ0v) is 12.3. The number of rotatable bonds is 3. The minimum Gasteiger partial charge on any atom is -0.488 e. The number of carboxylic acids is 1. The van der Waals surface area contributed by atoms with Crippen LogP contribution < -0.4 is 15.6 Å². The Morgan fingerprint density at radius 2 is 1.80 bits per heavy atom. The van der Waals surface area contributed by atoms with E-state index in [1.54, 1.807) is 0 Å². The summed E-state index contributed by atoms with van der Waals surface area (Å²) in [4.78, 5) is 11.3. The van der Waals surface area contributed by atoms with E-state index in [-0.39, 0.29) is 17.7 Å². The monoisotopic (exact) mass is 278 g/mol. The zero-order chi connectivity index (χ0) is 14.9. The Morgan fingerprint density at radius 3 is 2.30 bits per heavy atom. The van der Waals surface area contributed by atoms with Crippen LogP contribution in [0.15, 0.2) is 24.3 Å². The quantitative estimate of drug-likeness (QED) is 0.790. The van der Waals surface area contributed by atoms with Gasteiger partial charge in [-0.2, -0.15) is 0 Å². The number of hydrogen-bond acceptors (Lipinski definition) is 4. The predicted octanol–water partition coefficient (Wildman–Crippen LogP) is 2.10. The Morgan fingerprint density at radius 1 is 1.20 bits per heavy atom. The number of ether oxygens (including phenoxy) is 1. The molecule has 1 heterocycles. The first-order chi connectivity index (χ1) is 9.28. The predicted molar refractivity (Wildman–Crippen MR) is 76.4 cm³/mol. The maximum Gasteiger partial charge on any atom is 0.310 e. The molecule has 20 heavy (non-hydrogen) atoms. The van der Waals surface area contributed by atoms with Gasteiger partial charge < -0.3 is 9.84 Å². The molecule has 0 aromatic heterocycles. The Labute approximate surface area is 119 Å². The van der Waals surface area contributed by atoms with Crippen LogP contribution in [0.4, 0.5) is 0 Å². The minimum absolute atomic E-state index is 0.108. The summed E-state index contributed by atoms with van der Waals surface area (Å²) in [5.41, 5.74) is 6.74. The molecule has 1 aliphatic heterocycles. The summed E-state index contributed by atoms with van der Waals surface area (Å²) in [6.45, 7) is 7.84. The molecule has 1 aliphatic rings. The Hall–Kier alpha value is -1.59. The molecule has 5 heteroatoms. The zero-order valence-electron chi connectivity index (χ0n) is 12.3. The molecule has 0 saturated carbocycles. The summed E-state index contributed by atoms with van der Waals surface area (Å²) in [6.07, 6.45) is 0. The number of benzene rings is 1. The van der Waals surface area contributed by atoms with Crippen molar-refractivity contribution in [3.63, 3.8) is 0 Å². The lowest BCUT2D eigenvalue weighted by Gasteiger charge is -2.22. The maximum absolute atomic E-state index is 11.3. The van der Waals surface area contributed by atoms with E-state index in [1.165, 1.54) is 0 Å². The van der Waals surface area contributed by atoms with Crippen molar-refractivity contribution in [3.8, 4) is 5.75 Å². The highest BCUT2D eigenvalue weighted by molar-refractivity contribution is 5.72. The van der Waals surface area contributed by atoms with E-state index in [2.05, 4.69) is 10.9 Å². The number of aliphatic carboxylic acids is 1. The third kappa shape index (κ3) is 3.29. The van der Waals surface area contributed by atoms with Gasteiger partial charge >= 0.3 is 5.97 Å². The first kappa shape index (κ1) is 14.8. The van der Waals surface area contributed by atoms with Crippen LogP contribution in [0.1, 0.15) is 39.3 Å². The van der Waals surface area contributed by atoms with Crippen LogP contribution in [-0.4, -0.2) is 22.7 Å². The number of hydrogen-bond donors (Lipinski definition) is 3. The van der Waals surface area contributed by atoms with Crippen molar-refractivity contribution >= 4 is 5.97 Å². The molecule has 1 aromatic carbocycles. The van der Waals surface area contributed by atoms with Gasteiger partial charge in [0.15, 0.2) is 0 Å². The van der Waals surface area contributed by atoms with Gasteiger partial charge in [0.25, 0.3) is 0 Å². The molecular formula is C15H22N2O3. The van der Waals surface area contributed by atoms with Gasteiger partial charge in [0.1, 0.15) is 11.4 Å². The van der Waals surface area contributed by atoms with E-state index in [4.69, 9.17) is 4.74 Å². The first-order valence-electron chi connectivity index (χ1n) is 6.81. The molecule has 5 nitrogen and oxygen atoms in total. The maximum atomic E-state index is 11.3. The van der Waals surface area contributed by atoms with Crippen molar-refractivity contribution in [1.29, 1.82) is 0 Å². The fourth-order valence-corrected chi connectivity index (χ4v) is 2.43. The second-order valence-electron chi connectivity index (χ2n) is 6.20. The molecule has 0 spiro atoms. The number of carbonyl (C=O) groups is 1. The largest absolute Gasteiger partial charge is 0.488 e. The lowest BCUT2D eigenvalue weighted by Crippen LogP contribution is -2.30. The third-order valence-electron chi connectivity index (χ3n) is 3.31. The van der Waals surface area contributed by atoms with Gasteiger partial charge in [-0.05, 0) is 45.4 Å². The van der Waals surface area contributed by atoms with Gasteiger partial charge in [-0.25, -0.2) is 5.43 Å². The molecule has 0 aliphatic carbocycles. The van der Waals surface area contributed by atoms with Gasteiger partial charge in [0, 0.05) is 6.04 Å². The van der Waals surface area contributed by atoms with Crippen molar-refractivity contribution in [2.75, 3.05) is 0 Å². The van der Waals surface area contributed by atoms with E-state index in [1.807, 2.05) is 52.0 Å². The molecule has 1 aromatic rings. The topological polar surface area (TPSA) is 70.6 Å². The highest BCUT2D eigenvalue weighted by atomic mass is 16.5. The van der Waals surface area contributed by atoms with Gasteiger partial charge in [0.05, 0.1) is 12.0 Å². The van der Waals surface area contributed by atoms with Crippen molar-refractivity contribution in [2.24, 2.45) is 5.92 Å². The Bertz CT molecular complexity index is 479. The molecule has 110 valence electrons. The molecule has 0 bridgehead atoms. The lowest BCUT2D eigenvalue weighted by molar-refractivity contribution is -0.142. The molecule has 3 N–H and O–H groups in total. The summed E-state index contributed by atoms with van der Waals surface area (Å²) in [5, 5.41) is 9.32. The van der Waals surface area contributed by atoms with Gasteiger partial charge in [-0.15, -0.1) is 0 Å². The number of carboxylic acid groups (broad SMARTS) is 1. The van der Waals surface area contributed by atoms with Gasteiger partial charge in [-0.3, -0.25) is 10.2 Å². The average Bonchev–Trinajstić information content (AvgIpc) is 2.70. The molecule has 1 fully saturated rings. The van der Waals surface area contributed by atoms with E-state index < -0.39 is 11.9 Å². The van der Waals surface area contributed by atoms with Crippen LogP contribution in [0.3, 0.4) is 0 Å². The van der Waals surface area contributed by atoms with Crippen LogP contribution in [0.25, 0.3) is 0 Å². The summed E-state index contributed by atoms with van der Waals surface area (Å²) < 4.78 is 5.76. The van der Waals surface area contributed by atoms with Crippen LogP contribution in [0.2, 0.25) is 0 Å². The second kappa shape index (κ2) is 5.42. The summed E-state index contributed by atoms with van der Waals surface area (Å²) in [7, 11) is 0. The summed E-state index contributed by atoms with van der Waals surface area (Å²) in [6, 6.07) is 7.24. The first-order valence-corrected chi connectivity index (χ1v) is 6.81. The summed E-state index contributed by atoms with van der Waals surface area (Å²) in [5.74, 6) is -0.494. The number of nitrogens with one attached hydrogen (secondary N) is 2. The third-order valence-corrected chi connectivity index (χ3v) is 3.31. The SMILES string of the molecule is CC1NNC(c2ccc(OC(C)(C)C)cc2)C1C(=O)O. The molecule has 3 unspecified atom stereocenters. The van der Waals surface area contributed by atoms with Gasteiger partial charge in [-0.1, -0.05) is 12.1 Å². The summed E-state index contributed by atoms with van der Waals surface area (Å²) >= 11 is 0. The second-order valence-corrected chi connectivity index (χ2v) is 6.20. The van der Waals surface area contributed by atoms with Crippen molar-refractivity contribution in [3.05, 3.63) is 29.8 Å². The highest BCUT2D eigenvalue weighted by Gasteiger charge is 2.39. The highest BCUT2D eigenvalue weighted by Crippen LogP contribution is 2.30. The van der Waals surface area contributed by atoms with E-state index >= 15 is 0 Å². The van der Waals surface area contributed by atoms with Crippen LogP contribution in [-0.2, 0) is 4.79 Å². The lowest BCUT2D eigenvalue weighted by atomic mass is 9.90. The van der Waals surface area contributed by atoms with Crippen LogP contribution >= 0.6 is 0 Å². The van der Waals surface area contributed by atoms with E-state index in [9.17, 15) is 9.90 Å². The van der Waals surface area contributed by atoms with Crippen molar-refractivity contribution < 1.29 is 14.6 Å². The fraction of sp³-hybridized carbons (Fsp3) is 0.533. The smallest absolute Gasteiger partial charge is 0.310 e. The number of hydrazine groups is 1. The molecule has 3 atom stereocenters. The van der Waals surface area contributed by atoms with Crippen LogP contribution in [0.5, 0.6) is 5.75 Å². The minimum atomic E-state index is -0.796.